The highest BCUT2D eigenvalue weighted by Crippen LogP contribution is 2.19. The molecule has 68 valence electrons. The second kappa shape index (κ2) is 4.76. The molecule has 1 nitrogen and oxygen atoms in total. The molecule has 0 amide bonds. The molecule has 0 unspecified atom stereocenters. The molecule has 0 aromatic rings. The molecular formula is C10H22O. The molecule has 0 aliphatic heterocycles. The van der Waals surface area contributed by atoms with Crippen molar-refractivity contribution in [1.82, 2.24) is 0 Å². The summed E-state index contributed by atoms with van der Waals surface area (Å²) in [5.74, 6) is 0.655. The first-order valence-corrected chi connectivity index (χ1v) is 4.55. The van der Waals surface area contributed by atoms with Crippen molar-refractivity contribution in [3.63, 3.8) is 0 Å². The Morgan fingerprint density at radius 1 is 1.27 bits per heavy atom. The third kappa shape index (κ3) is 6.36. The average Bonchev–Trinajstić information content (AvgIpc) is 1.87. The zero-order valence-electron chi connectivity index (χ0n) is 8.61. The summed E-state index contributed by atoms with van der Waals surface area (Å²) in [5.41, 5.74) is 0.356. The van der Waals surface area contributed by atoms with Gasteiger partial charge in [-0.15, -0.1) is 0 Å². The van der Waals surface area contributed by atoms with Crippen LogP contribution in [0.3, 0.4) is 0 Å². The predicted molar refractivity (Wildman–Crippen MR) is 49.7 cm³/mol. The summed E-state index contributed by atoms with van der Waals surface area (Å²) in [5, 5.41) is 0. The fraction of sp³-hybridized carbons (Fsp3) is 1.00. The SMILES string of the molecule is CCC(C)(C)COCC(C)C. The summed E-state index contributed by atoms with van der Waals surface area (Å²) in [6.07, 6.45) is 1.19. The van der Waals surface area contributed by atoms with Gasteiger partial charge >= 0.3 is 0 Å². The smallest absolute Gasteiger partial charge is 0.0517 e. The zero-order valence-corrected chi connectivity index (χ0v) is 8.61. The van der Waals surface area contributed by atoms with Gasteiger partial charge in [0.2, 0.25) is 0 Å². The highest BCUT2D eigenvalue weighted by molar-refractivity contribution is 4.64. The van der Waals surface area contributed by atoms with Gasteiger partial charge in [0.05, 0.1) is 6.61 Å². The van der Waals surface area contributed by atoms with Crippen molar-refractivity contribution in [3.05, 3.63) is 0 Å². The summed E-state index contributed by atoms with van der Waals surface area (Å²) in [4.78, 5) is 0. The van der Waals surface area contributed by atoms with Crippen LogP contribution < -0.4 is 0 Å². The van der Waals surface area contributed by atoms with Crippen LogP contribution in [0.15, 0.2) is 0 Å². The lowest BCUT2D eigenvalue weighted by atomic mass is 9.92. The third-order valence-electron chi connectivity index (χ3n) is 1.90. The maximum Gasteiger partial charge on any atom is 0.0517 e. The summed E-state index contributed by atoms with van der Waals surface area (Å²) in [6, 6.07) is 0. The molecule has 0 fully saturated rings. The summed E-state index contributed by atoms with van der Waals surface area (Å²) in [7, 11) is 0. The van der Waals surface area contributed by atoms with Crippen LogP contribution in [-0.2, 0) is 4.74 Å². The van der Waals surface area contributed by atoms with Crippen LogP contribution in [0.5, 0.6) is 0 Å². The number of hydrogen-bond acceptors (Lipinski definition) is 1. The summed E-state index contributed by atoms with van der Waals surface area (Å²) >= 11 is 0. The molecule has 0 N–H and O–H groups in total. The van der Waals surface area contributed by atoms with E-state index in [4.69, 9.17) is 4.74 Å². The second-order valence-electron chi connectivity index (χ2n) is 4.43. The van der Waals surface area contributed by atoms with Crippen molar-refractivity contribution in [2.75, 3.05) is 13.2 Å². The number of ether oxygens (including phenoxy) is 1. The Balaban J connectivity index is 3.38. The largest absolute Gasteiger partial charge is 0.381 e. The lowest BCUT2D eigenvalue weighted by molar-refractivity contribution is 0.0450. The number of rotatable bonds is 5. The second-order valence-corrected chi connectivity index (χ2v) is 4.43. The standard InChI is InChI=1S/C10H22O/c1-6-10(4,5)8-11-7-9(2)3/h9H,6-8H2,1-5H3. The molecule has 0 saturated heterocycles. The fourth-order valence-electron chi connectivity index (χ4n) is 0.673. The first-order chi connectivity index (χ1) is 4.98. The van der Waals surface area contributed by atoms with Gasteiger partial charge in [0.15, 0.2) is 0 Å². The zero-order chi connectivity index (χ0) is 8.91. The molecule has 0 aliphatic carbocycles. The van der Waals surface area contributed by atoms with Gasteiger partial charge < -0.3 is 4.74 Å². The highest BCUT2D eigenvalue weighted by atomic mass is 16.5. The van der Waals surface area contributed by atoms with Crippen molar-refractivity contribution in [2.45, 2.75) is 41.0 Å². The third-order valence-corrected chi connectivity index (χ3v) is 1.90. The Hall–Kier alpha value is -0.0400. The van der Waals surface area contributed by atoms with Crippen LogP contribution >= 0.6 is 0 Å². The van der Waals surface area contributed by atoms with E-state index in [0.29, 0.717) is 11.3 Å². The highest BCUT2D eigenvalue weighted by Gasteiger charge is 2.14. The molecule has 0 saturated carbocycles. The molecule has 1 heteroatoms. The average molecular weight is 158 g/mol. The Morgan fingerprint density at radius 3 is 2.18 bits per heavy atom. The quantitative estimate of drug-likeness (QED) is 0.597. The normalized spacial score (nSPS) is 12.5. The van der Waals surface area contributed by atoms with E-state index in [0.717, 1.165) is 13.2 Å². The van der Waals surface area contributed by atoms with Crippen molar-refractivity contribution in [3.8, 4) is 0 Å². The van der Waals surface area contributed by atoms with Gasteiger partial charge in [-0.3, -0.25) is 0 Å². The van der Waals surface area contributed by atoms with Gasteiger partial charge in [-0.05, 0) is 17.8 Å². The van der Waals surface area contributed by atoms with Crippen molar-refractivity contribution < 1.29 is 4.74 Å². The van der Waals surface area contributed by atoms with E-state index >= 15 is 0 Å². The van der Waals surface area contributed by atoms with Gasteiger partial charge in [0.1, 0.15) is 0 Å². The molecule has 0 bridgehead atoms. The van der Waals surface area contributed by atoms with Gasteiger partial charge in [-0.25, -0.2) is 0 Å². The molecule has 0 aliphatic rings. The van der Waals surface area contributed by atoms with Crippen molar-refractivity contribution in [2.24, 2.45) is 11.3 Å². The van der Waals surface area contributed by atoms with Gasteiger partial charge in [-0.2, -0.15) is 0 Å². The Labute approximate surface area is 71.1 Å². The Morgan fingerprint density at radius 2 is 1.82 bits per heavy atom. The molecule has 0 rings (SSSR count). The van der Waals surface area contributed by atoms with E-state index in [-0.39, 0.29) is 0 Å². The van der Waals surface area contributed by atoms with E-state index < -0.39 is 0 Å². The van der Waals surface area contributed by atoms with Crippen LogP contribution in [-0.4, -0.2) is 13.2 Å². The summed E-state index contributed by atoms with van der Waals surface area (Å²) < 4.78 is 5.55. The van der Waals surface area contributed by atoms with Crippen LogP contribution in [0.1, 0.15) is 41.0 Å². The van der Waals surface area contributed by atoms with E-state index in [9.17, 15) is 0 Å². The van der Waals surface area contributed by atoms with Gasteiger partial charge in [0, 0.05) is 6.61 Å². The molecule has 0 heterocycles. The van der Waals surface area contributed by atoms with E-state index in [1.165, 1.54) is 6.42 Å². The molecule has 0 spiro atoms. The van der Waals surface area contributed by atoms with E-state index in [2.05, 4.69) is 34.6 Å². The van der Waals surface area contributed by atoms with Crippen LogP contribution in [0.2, 0.25) is 0 Å². The lowest BCUT2D eigenvalue weighted by Crippen LogP contribution is -2.19. The van der Waals surface area contributed by atoms with Crippen molar-refractivity contribution >= 4 is 0 Å². The van der Waals surface area contributed by atoms with Gasteiger partial charge in [0.25, 0.3) is 0 Å². The fourth-order valence-corrected chi connectivity index (χ4v) is 0.673. The predicted octanol–water partition coefficient (Wildman–Crippen LogP) is 3.10. The van der Waals surface area contributed by atoms with E-state index in [1.54, 1.807) is 0 Å². The minimum atomic E-state index is 0.356. The molecule has 0 radical (unpaired) electrons. The molecule has 0 atom stereocenters. The van der Waals surface area contributed by atoms with Crippen LogP contribution in [0.25, 0.3) is 0 Å². The van der Waals surface area contributed by atoms with Crippen molar-refractivity contribution in [1.29, 1.82) is 0 Å². The van der Waals surface area contributed by atoms with Crippen LogP contribution in [0.4, 0.5) is 0 Å². The first kappa shape index (κ1) is 11.0. The minimum absolute atomic E-state index is 0.356. The monoisotopic (exact) mass is 158 g/mol. The molecular weight excluding hydrogens is 136 g/mol. The summed E-state index contributed by atoms with van der Waals surface area (Å²) in [6.45, 7) is 12.8. The maximum atomic E-state index is 5.55. The number of hydrogen-bond donors (Lipinski definition) is 0. The minimum Gasteiger partial charge on any atom is -0.381 e. The van der Waals surface area contributed by atoms with Crippen LogP contribution in [0, 0.1) is 11.3 Å². The van der Waals surface area contributed by atoms with Gasteiger partial charge in [-0.1, -0.05) is 34.6 Å². The Kier molecular flexibility index (Phi) is 4.74. The lowest BCUT2D eigenvalue weighted by Gasteiger charge is -2.22. The van der Waals surface area contributed by atoms with E-state index in [1.807, 2.05) is 0 Å². The first-order valence-electron chi connectivity index (χ1n) is 4.55. The molecule has 0 aromatic heterocycles. The maximum absolute atomic E-state index is 5.55. The molecule has 0 aromatic carbocycles. The topological polar surface area (TPSA) is 9.23 Å². The molecule has 11 heavy (non-hydrogen) atoms. The Bertz CT molecular complexity index is 95.0.